The molecule has 16 heavy (non-hydrogen) atoms. The highest BCUT2D eigenvalue weighted by Crippen LogP contribution is 2.22. The SMILES string of the molecule is CCn1ccnc1NCC1(OC)CCOC1. The zero-order chi connectivity index (χ0) is 11.4. The maximum Gasteiger partial charge on any atom is 0.202 e. The van der Waals surface area contributed by atoms with Gasteiger partial charge in [0, 0.05) is 45.6 Å². The maximum absolute atomic E-state index is 5.55. The van der Waals surface area contributed by atoms with Crippen LogP contribution in [0.5, 0.6) is 0 Å². The number of methoxy groups -OCH3 is 1. The van der Waals surface area contributed by atoms with Crippen molar-refractivity contribution >= 4 is 5.95 Å². The van der Waals surface area contributed by atoms with Crippen LogP contribution >= 0.6 is 0 Å². The Balaban J connectivity index is 1.95. The summed E-state index contributed by atoms with van der Waals surface area (Å²) in [5.41, 5.74) is -0.190. The van der Waals surface area contributed by atoms with Crippen LogP contribution in [-0.2, 0) is 16.0 Å². The molecule has 0 spiro atoms. The lowest BCUT2D eigenvalue weighted by Gasteiger charge is -2.26. The van der Waals surface area contributed by atoms with Gasteiger partial charge >= 0.3 is 0 Å². The highest BCUT2D eigenvalue weighted by molar-refractivity contribution is 5.26. The van der Waals surface area contributed by atoms with E-state index in [1.54, 1.807) is 13.3 Å². The second-order valence-electron chi connectivity index (χ2n) is 4.08. The van der Waals surface area contributed by atoms with Gasteiger partial charge in [0.25, 0.3) is 0 Å². The smallest absolute Gasteiger partial charge is 0.202 e. The fourth-order valence-electron chi connectivity index (χ4n) is 1.93. The van der Waals surface area contributed by atoms with E-state index in [1.165, 1.54) is 0 Å². The van der Waals surface area contributed by atoms with E-state index in [2.05, 4.69) is 21.8 Å². The third-order valence-electron chi connectivity index (χ3n) is 3.12. The summed E-state index contributed by atoms with van der Waals surface area (Å²) in [5, 5.41) is 3.32. The molecule has 5 nitrogen and oxygen atoms in total. The molecule has 1 saturated heterocycles. The van der Waals surface area contributed by atoms with Crippen LogP contribution in [0.2, 0.25) is 0 Å². The normalized spacial score (nSPS) is 24.9. The Morgan fingerprint density at radius 1 is 1.69 bits per heavy atom. The largest absolute Gasteiger partial charge is 0.378 e. The van der Waals surface area contributed by atoms with Crippen molar-refractivity contribution in [3.8, 4) is 0 Å². The Hall–Kier alpha value is -1.07. The molecule has 0 bridgehead atoms. The predicted octanol–water partition coefficient (Wildman–Crippen LogP) is 1.12. The molecule has 0 aromatic carbocycles. The Kier molecular flexibility index (Phi) is 3.46. The first-order valence-electron chi connectivity index (χ1n) is 5.67. The Labute approximate surface area is 95.8 Å². The van der Waals surface area contributed by atoms with Crippen LogP contribution in [0.1, 0.15) is 13.3 Å². The van der Waals surface area contributed by atoms with Crippen LogP contribution in [0.15, 0.2) is 12.4 Å². The number of imidazole rings is 1. The number of nitrogens with one attached hydrogen (secondary N) is 1. The van der Waals surface area contributed by atoms with E-state index in [1.807, 2.05) is 6.20 Å². The summed E-state index contributed by atoms with van der Waals surface area (Å²) in [5.74, 6) is 0.894. The Morgan fingerprint density at radius 3 is 3.19 bits per heavy atom. The zero-order valence-electron chi connectivity index (χ0n) is 9.90. The summed E-state index contributed by atoms with van der Waals surface area (Å²) < 4.78 is 13.0. The van der Waals surface area contributed by atoms with Gasteiger partial charge in [-0.1, -0.05) is 0 Å². The standard InChI is InChI=1S/C11H19N3O2/c1-3-14-6-5-12-10(14)13-8-11(15-2)4-7-16-9-11/h5-6H,3-4,7-9H2,1-2H3,(H,12,13). The molecular formula is C11H19N3O2. The molecule has 1 atom stereocenters. The molecular weight excluding hydrogens is 206 g/mol. The molecule has 2 heterocycles. The number of anilines is 1. The highest BCUT2D eigenvalue weighted by atomic mass is 16.5. The van der Waals surface area contributed by atoms with Gasteiger partial charge in [-0.25, -0.2) is 4.98 Å². The number of ether oxygens (including phenoxy) is 2. The third kappa shape index (κ3) is 2.20. The first-order chi connectivity index (χ1) is 7.79. The fourth-order valence-corrected chi connectivity index (χ4v) is 1.93. The van der Waals surface area contributed by atoms with Crippen LogP contribution in [0.25, 0.3) is 0 Å². The van der Waals surface area contributed by atoms with Crippen molar-refractivity contribution in [3.05, 3.63) is 12.4 Å². The lowest BCUT2D eigenvalue weighted by molar-refractivity contribution is -0.00634. The van der Waals surface area contributed by atoms with Crippen molar-refractivity contribution in [2.24, 2.45) is 0 Å². The molecule has 1 aliphatic heterocycles. The van der Waals surface area contributed by atoms with Gasteiger partial charge in [-0.05, 0) is 6.92 Å². The van der Waals surface area contributed by atoms with Crippen molar-refractivity contribution in [3.63, 3.8) is 0 Å². The van der Waals surface area contributed by atoms with Crippen LogP contribution in [-0.4, -0.2) is 42.0 Å². The van der Waals surface area contributed by atoms with Crippen molar-refractivity contribution in [2.45, 2.75) is 25.5 Å². The molecule has 1 fully saturated rings. The van der Waals surface area contributed by atoms with Gasteiger partial charge in [0.1, 0.15) is 5.60 Å². The quantitative estimate of drug-likeness (QED) is 0.815. The van der Waals surface area contributed by atoms with Crippen LogP contribution < -0.4 is 5.32 Å². The highest BCUT2D eigenvalue weighted by Gasteiger charge is 2.34. The summed E-state index contributed by atoms with van der Waals surface area (Å²) >= 11 is 0. The number of hydrogen-bond acceptors (Lipinski definition) is 4. The molecule has 0 saturated carbocycles. The minimum Gasteiger partial charge on any atom is -0.378 e. The first kappa shape index (κ1) is 11.4. The fraction of sp³-hybridized carbons (Fsp3) is 0.727. The van der Waals surface area contributed by atoms with E-state index in [9.17, 15) is 0 Å². The van der Waals surface area contributed by atoms with E-state index in [0.29, 0.717) is 6.61 Å². The molecule has 90 valence electrons. The van der Waals surface area contributed by atoms with E-state index in [-0.39, 0.29) is 5.60 Å². The van der Waals surface area contributed by atoms with Crippen molar-refractivity contribution in [2.75, 3.05) is 32.2 Å². The molecule has 1 N–H and O–H groups in total. The third-order valence-corrected chi connectivity index (χ3v) is 3.12. The number of hydrogen-bond donors (Lipinski definition) is 1. The van der Waals surface area contributed by atoms with Gasteiger partial charge in [0.15, 0.2) is 0 Å². The van der Waals surface area contributed by atoms with Crippen LogP contribution in [0.3, 0.4) is 0 Å². The minimum atomic E-state index is -0.190. The summed E-state index contributed by atoms with van der Waals surface area (Å²) in [4.78, 5) is 4.27. The lowest BCUT2D eigenvalue weighted by Crippen LogP contribution is -2.40. The van der Waals surface area contributed by atoms with Gasteiger partial charge in [-0.3, -0.25) is 0 Å². The summed E-state index contributed by atoms with van der Waals surface area (Å²) in [7, 11) is 1.74. The first-order valence-corrected chi connectivity index (χ1v) is 5.67. The number of aryl methyl sites for hydroxylation is 1. The maximum atomic E-state index is 5.55. The molecule has 5 heteroatoms. The van der Waals surface area contributed by atoms with Gasteiger partial charge in [-0.15, -0.1) is 0 Å². The molecule has 2 rings (SSSR count). The van der Waals surface area contributed by atoms with Crippen molar-refractivity contribution < 1.29 is 9.47 Å². The van der Waals surface area contributed by atoms with E-state index < -0.39 is 0 Å². The topological polar surface area (TPSA) is 48.3 Å². The van der Waals surface area contributed by atoms with Gasteiger partial charge in [0.2, 0.25) is 5.95 Å². The second-order valence-corrected chi connectivity index (χ2v) is 4.08. The lowest BCUT2D eigenvalue weighted by atomic mass is 10.0. The molecule has 0 aliphatic carbocycles. The molecule has 1 unspecified atom stereocenters. The van der Waals surface area contributed by atoms with Gasteiger partial charge in [-0.2, -0.15) is 0 Å². The Bertz CT molecular complexity index is 332. The predicted molar refractivity (Wildman–Crippen MR) is 61.6 cm³/mol. The summed E-state index contributed by atoms with van der Waals surface area (Å²) in [6.07, 6.45) is 4.70. The Morgan fingerprint density at radius 2 is 2.56 bits per heavy atom. The molecule has 1 aliphatic rings. The van der Waals surface area contributed by atoms with Gasteiger partial charge in [0.05, 0.1) is 6.61 Å². The zero-order valence-corrected chi connectivity index (χ0v) is 9.90. The molecule has 0 radical (unpaired) electrons. The van der Waals surface area contributed by atoms with E-state index >= 15 is 0 Å². The van der Waals surface area contributed by atoms with Crippen molar-refractivity contribution in [1.82, 2.24) is 9.55 Å². The number of nitrogens with zero attached hydrogens (tertiary/aromatic N) is 2. The van der Waals surface area contributed by atoms with Crippen LogP contribution in [0, 0.1) is 0 Å². The average Bonchev–Trinajstić information content (AvgIpc) is 2.96. The van der Waals surface area contributed by atoms with Gasteiger partial charge < -0.3 is 19.4 Å². The number of rotatable bonds is 5. The van der Waals surface area contributed by atoms with E-state index in [0.717, 1.165) is 32.1 Å². The molecule has 0 amide bonds. The average molecular weight is 225 g/mol. The summed E-state index contributed by atoms with van der Waals surface area (Å²) in [6, 6.07) is 0. The second kappa shape index (κ2) is 4.84. The molecule has 1 aromatic rings. The number of aromatic nitrogens is 2. The van der Waals surface area contributed by atoms with Crippen LogP contribution in [0.4, 0.5) is 5.95 Å². The van der Waals surface area contributed by atoms with Crippen molar-refractivity contribution in [1.29, 1.82) is 0 Å². The van der Waals surface area contributed by atoms with E-state index in [4.69, 9.17) is 9.47 Å². The monoisotopic (exact) mass is 225 g/mol. The summed E-state index contributed by atoms with van der Waals surface area (Å²) in [6.45, 7) is 5.18. The molecule has 1 aromatic heterocycles. The minimum absolute atomic E-state index is 0.190.